The molecular weight excluding hydrogens is 730 g/mol. The van der Waals surface area contributed by atoms with Crippen LogP contribution in [0.15, 0.2) is 52.3 Å². The van der Waals surface area contributed by atoms with Crippen LogP contribution >= 0.6 is 0 Å². The molecule has 10 N–H and O–H groups in total. The van der Waals surface area contributed by atoms with E-state index in [9.17, 15) is 43.8 Å². The van der Waals surface area contributed by atoms with Gasteiger partial charge in [-0.15, -0.1) is 0 Å². The second kappa shape index (κ2) is 18.9. The summed E-state index contributed by atoms with van der Waals surface area (Å²) in [6, 6.07) is 2.78. The molecule has 2 aromatic heterocycles. The molecule has 19 heteroatoms. The minimum absolute atomic E-state index is 0.0226. The number of nitrogens with two attached hydrogens (primary N) is 1. The van der Waals surface area contributed by atoms with Crippen LogP contribution in [-0.4, -0.2) is 116 Å². The molecule has 7 atom stereocenters. The Morgan fingerprint density at radius 1 is 1.02 bits per heavy atom. The number of urea groups is 1. The molecule has 1 saturated carbocycles. The topological polar surface area (TPSA) is 283 Å². The molecular formula is C37H51N9O10. The van der Waals surface area contributed by atoms with Crippen molar-refractivity contribution in [1.82, 2.24) is 40.7 Å². The van der Waals surface area contributed by atoms with Crippen molar-refractivity contribution in [3.8, 4) is 0 Å². The molecule has 1 aliphatic carbocycles. The summed E-state index contributed by atoms with van der Waals surface area (Å²) < 4.78 is 6.86. The van der Waals surface area contributed by atoms with E-state index in [0.29, 0.717) is 5.56 Å². The number of carboxylic acids is 1. The summed E-state index contributed by atoms with van der Waals surface area (Å²) in [7, 11) is 1.43. The Balaban J connectivity index is 1.30. The fourth-order valence-corrected chi connectivity index (χ4v) is 7.38. The lowest BCUT2D eigenvalue weighted by atomic mass is 9.84. The van der Waals surface area contributed by atoms with E-state index in [2.05, 4.69) is 31.2 Å². The van der Waals surface area contributed by atoms with E-state index >= 15 is 0 Å². The van der Waals surface area contributed by atoms with Gasteiger partial charge in [0.25, 0.3) is 5.56 Å². The third-order valence-corrected chi connectivity index (χ3v) is 10.7. The second-order valence-corrected chi connectivity index (χ2v) is 14.5. The van der Waals surface area contributed by atoms with Crippen molar-refractivity contribution in [1.29, 1.82) is 0 Å². The summed E-state index contributed by atoms with van der Waals surface area (Å²) in [5.74, 6) is -3.14. The lowest BCUT2D eigenvalue weighted by Gasteiger charge is -2.33. The number of nitrogens with one attached hydrogen (secondary N) is 6. The molecule has 0 radical (unpaired) electrons. The molecule has 2 aliphatic rings. The van der Waals surface area contributed by atoms with Gasteiger partial charge in [0.1, 0.15) is 24.2 Å². The lowest BCUT2D eigenvalue weighted by Crippen LogP contribution is -2.62. The standard InChI is InChI=1S/C37H51N9O10/c1-20(45(2)30(49)17-38)31(33(51)40-19-23-16-28(47)34(56-23)46-13-12-29(48)43-37(46)55)44-32(50)26(14-21-8-4-3-5-9-21)41-36(54)42-27(35(52)53)15-22-18-39-25-11-7-6-10-24(22)25/h6-7,10-13,18,20-21,23,26-28,31,34,39,47H,3-5,8-9,14-17,19,38H2,1-2H3,(H,40,51)(H,44,50)(H,52,53)(H2,41,42,54)(H,43,48,55)/t20-,23+,26?,27-,28+,31-,34+/m0/s1. The fourth-order valence-electron chi connectivity index (χ4n) is 7.38. The number of rotatable bonds is 16. The molecule has 1 saturated heterocycles. The molecule has 1 aliphatic heterocycles. The van der Waals surface area contributed by atoms with Gasteiger partial charge in [-0.2, -0.15) is 0 Å². The number of aliphatic hydroxyl groups is 1. The van der Waals surface area contributed by atoms with Crippen molar-refractivity contribution in [2.45, 2.75) is 101 Å². The zero-order valence-corrected chi connectivity index (χ0v) is 31.4. The zero-order valence-electron chi connectivity index (χ0n) is 31.4. The number of ether oxygens (including phenoxy) is 1. The highest BCUT2D eigenvalue weighted by Crippen LogP contribution is 2.29. The number of aromatic amines is 2. The van der Waals surface area contributed by atoms with E-state index in [-0.39, 0.29) is 38.3 Å². The average Bonchev–Trinajstić information content (AvgIpc) is 3.77. The SMILES string of the molecule is C[C@@H]([C@H](NC(=O)C(CC1CCCCC1)NC(=O)N[C@@H](Cc1c[nH]c2ccccc12)C(=O)O)C(=O)NC[C@H]1C[C@@H](O)[C@H](n2ccc(=O)[nH]c2=O)O1)N(C)C(=O)CN. The summed E-state index contributed by atoms with van der Waals surface area (Å²) in [6.07, 6.45) is 4.60. The number of nitrogens with zero attached hydrogens (tertiary/aromatic N) is 2. The van der Waals surface area contributed by atoms with Gasteiger partial charge in [0.05, 0.1) is 18.7 Å². The third-order valence-electron chi connectivity index (χ3n) is 10.7. The lowest BCUT2D eigenvalue weighted by molar-refractivity contribution is -0.139. The maximum Gasteiger partial charge on any atom is 0.330 e. The van der Waals surface area contributed by atoms with Gasteiger partial charge >= 0.3 is 17.7 Å². The summed E-state index contributed by atoms with van der Waals surface area (Å²) in [5.41, 5.74) is 5.69. The van der Waals surface area contributed by atoms with Crippen molar-refractivity contribution in [3.63, 3.8) is 0 Å². The number of hydrogen-bond donors (Lipinski definition) is 9. The van der Waals surface area contributed by atoms with Gasteiger partial charge in [-0.3, -0.25) is 28.7 Å². The first kappa shape index (κ1) is 41.6. The molecule has 0 spiro atoms. The number of benzene rings is 1. The van der Waals surface area contributed by atoms with Crippen molar-refractivity contribution in [3.05, 3.63) is 69.1 Å². The first-order valence-electron chi connectivity index (χ1n) is 18.8. The van der Waals surface area contributed by atoms with E-state index < -0.39 is 83.6 Å². The van der Waals surface area contributed by atoms with E-state index in [1.165, 1.54) is 18.1 Å². The minimum atomic E-state index is -1.36. The van der Waals surface area contributed by atoms with Crippen LogP contribution in [0.25, 0.3) is 10.9 Å². The number of H-pyrrole nitrogens is 2. The van der Waals surface area contributed by atoms with Gasteiger partial charge in [-0.05, 0) is 30.9 Å². The molecule has 5 rings (SSSR count). The van der Waals surface area contributed by atoms with E-state index in [1.54, 1.807) is 13.1 Å². The number of carbonyl (C=O) groups is 5. The van der Waals surface area contributed by atoms with E-state index in [1.807, 2.05) is 24.3 Å². The summed E-state index contributed by atoms with van der Waals surface area (Å²) in [4.78, 5) is 96.5. The van der Waals surface area contributed by atoms with E-state index in [0.717, 1.165) is 53.6 Å². The van der Waals surface area contributed by atoms with Gasteiger partial charge in [0, 0.05) is 55.8 Å². The highest BCUT2D eigenvalue weighted by molar-refractivity contribution is 5.93. The normalized spacial score (nSPS) is 20.7. The maximum absolute atomic E-state index is 14.1. The van der Waals surface area contributed by atoms with Gasteiger partial charge < -0.3 is 51.8 Å². The smallest absolute Gasteiger partial charge is 0.330 e. The molecule has 19 nitrogen and oxygen atoms in total. The largest absolute Gasteiger partial charge is 0.480 e. The Bertz CT molecular complexity index is 1990. The van der Waals surface area contributed by atoms with Crippen LogP contribution in [0.2, 0.25) is 0 Å². The molecule has 56 heavy (non-hydrogen) atoms. The molecule has 5 amide bonds. The number of carboxylic acid groups (broad SMARTS) is 1. The van der Waals surface area contributed by atoms with Crippen LogP contribution < -0.4 is 38.2 Å². The molecule has 0 bridgehead atoms. The number of carbonyl (C=O) groups excluding carboxylic acids is 4. The number of likely N-dealkylation sites (N-methyl/N-ethyl adjacent to an activating group) is 1. The Morgan fingerprint density at radius 2 is 1.73 bits per heavy atom. The highest BCUT2D eigenvalue weighted by Gasteiger charge is 2.38. The predicted octanol–water partition coefficient (Wildman–Crippen LogP) is -0.593. The number of aromatic nitrogens is 3. The summed E-state index contributed by atoms with van der Waals surface area (Å²) >= 11 is 0. The predicted molar refractivity (Wildman–Crippen MR) is 202 cm³/mol. The number of aliphatic carboxylic acids is 1. The molecule has 3 aromatic rings. The molecule has 304 valence electrons. The van der Waals surface area contributed by atoms with Crippen molar-refractivity contribution in [2.24, 2.45) is 11.7 Å². The van der Waals surface area contributed by atoms with Crippen LogP contribution in [0.5, 0.6) is 0 Å². The van der Waals surface area contributed by atoms with Crippen molar-refractivity contribution < 1.29 is 38.9 Å². The maximum atomic E-state index is 14.1. The molecule has 1 unspecified atom stereocenters. The zero-order chi connectivity index (χ0) is 40.5. The Hall–Kier alpha value is -5.53. The third kappa shape index (κ3) is 10.4. The van der Waals surface area contributed by atoms with Gasteiger partial charge in [0.2, 0.25) is 17.7 Å². The van der Waals surface area contributed by atoms with Crippen molar-refractivity contribution >= 4 is 40.6 Å². The number of fused-ring (bicyclic) bond motifs is 1. The van der Waals surface area contributed by atoms with Gasteiger partial charge in [0.15, 0.2) is 6.23 Å². The molecule has 2 fully saturated rings. The summed E-state index contributed by atoms with van der Waals surface area (Å²) in [5, 5.41) is 32.0. The minimum Gasteiger partial charge on any atom is -0.480 e. The highest BCUT2D eigenvalue weighted by atomic mass is 16.5. The first-order chi connectivity index (χ1) is 26.7. The first-order valence-corrected chi connectivity index (χ1v) is 18.8. The summed E-state index contributed by atoms with van der Waals surface area (Å²) in [6.45, 7) is 1.03. The Morgan fingerprint density at radius 3 is 2.43 bits per heavy atom. The van der Waals surface area contributed by atoms with Crippen molar-refractivity contribution in [2.75, 3.05) is 20.1 Å². The fraction of sp³-hybridized carbons (Fsp3) is 0.541. The number of para-hydroxylation sites is 1. The number of amides is 5. The molecule has 1 aromatic carbocycles. The van der Waals surface area contributed by atoms with Crippen LogP contribution in [0.3, 0.4) is 0 Å². The average molecular weight is 782 g/mol. The quantitative estimate of drug-likeness (QED) is 0.0886. The Labute approximate surface area is 321 Å². The molecule has 3 heterocycles. The van der Waals surface area contributed by atoms with Gasteiger partial charge in [-0.25, -0.2) is 14.4 Å². The monoisotopic (exact) mass is 781 g/mol. The van der Waals surface area contributed by atoms with Gasteiger partial charge in [-0.1, -0.05) is 50.3 Å². The van der Waals surface area contributed by atoms with Crippen LogP contribution in [0.4, 0.5) is 4.79 Å². The van der Waals surface area contributed by atoms with Crippen LogP contribution in [-0.2, 0) is 30.3 Å². The number of aliphatic hydroxyl groups excluding tert-OH is 1. The van der Waals surface area contributed by atoms with E-state index in [4.69, 9.17) is 10.5 Å². The Kier molecular flexibility index (Phi) is 14.0. The van der Waals surface area contributed by atoms with Crippen LogP contribution in [0, 0.1) is 5.92 Å². The van der Waals surface area contributed by atoms with Crippen LogP contribution in [0.1, 0.15) is 63.7 Å². The second-order valence-electron chi connectivity index (χ2n) is 14.5. The number of hydrogen-bond acceptors (Lipinski definition) is 10.